The summed E-state index contributed by atoms with van der Waals surface area (Å²) in [5.41, 5.74) is -0.972. The summed E-state index contributed by atoms with van der Waals surface area (Å²) in [6, 6.07) is 4.46. The summed E-state index contributed by atoms with van der Waals surface area (Å²) < 4.78 is 67.4. The number of phenols is 1. The average molecular weight is 524 g/mol. The molecule has 5 rings (SSSR count). The molecule has 2 aliphatic heterocycles. The number of aromatic hydroxyl groups is 1. The van der Waals surface area contributed by atoms with Crippen molar-refractivity contribution in [2.45, 2.75) is 18.6 Å². The lowest BCUT2D eigenvalue weighted by Gasteiger charge is -2.35. The van der Waals surface area contributed by atoms with E-state index in [4.69, 9.17) is 11.6 Å². The van der Waals surface area contributed by atoms with Gasteiger partial charge >= 0.3 is 12.2 Å². The van der Waals surface area contributed by atoms with Crippen LogP contribution in [0.5, 0.6) is 5.75 Å². The summed E-state index contributed by atoms with van der Waals surface area (Å²) in [5.74, 6) is -3.27. The van der Waals surface area contributed by atoms with Crippen LogP contribution >= 0.6 is 11.6 Å². The topological polar surface area (TPSA) is 81.7 Å². The van der Waals surface area contributed by atoms with E-state index in [0.29, 0.717) is 17.7 Å². The Balaban J connectivity index is 1.65. The highest BCUT2D eigenvalue weighted by atomic mass is 35.5. The Kier molecular flexibility index (Phi) is 5.55. The van der Waals surface area contributed by atoms with Crippen LogP contribution in [-0.4, -0.2) is 23.6 Å². The summed E-state index contributed by atoms with van der Waals surface area (Å²) in [4.78, 5) is 27.1. The number of hydrogen-bond acceptors (Lipinski definition) is 3. The summed E-state index contributed by atoms with van der Waals surface area (Å²) in [6.45, 7) is 0.210. The van der Waals surface area contributed by atoms with Crippen molar-refractivity contribution in [1.29, 1.82) is 0 Å². The lowest BCUT2D eigenvalue weighted by molar-refractivity contribution is -0.137. The molecule has 0 fully saturated rings. The zero-order chi connectivity index (χ0) is 25.9. The van der Waals surface area contributed by atoms with Crippen LogP contribution in [0.15, 0.2) is 42.5 Å². The maximum Gasteiger partial charge on any atom is 0.416 e. The Hall–Kier alpha value is -3.86. The number of nitrogens with zero attached hydrogens (tertiary/aromatic N) is 1. The van der Waals surface area contributed by atoms with Crippen molar-refractivity contribution in [3.05, 3.63) is 86.9 Å². The van der Waals surface area contributed by atoms with E-state index >= 15 is 0 Å². The van der Waals surface area contributed by atoms with Crippen LogP contribution in [0.4, 0.5) is 38.1 Å². The van der Waals surface area contributed by atoms with Crippen molar-refractivity contribution in [2.75, 3.05) is 16.8 Å². The van der Waals surface area contributed by atoms with Crippen LogP contribution in [-0.2, 0) is 12.6 Å². The fraction of sp³-hybridized carbons (Fsp3) is 0.167. The third-order valence-corrected chi connectivity index (χ3v) is 6.43. The number of rotatable bonds is 3. The molecular formula is C24H15ClF5N3O3. The van der Waals surface area contributed by atoms with Gasteiger partial charge in [-0.1, -0.05) is 11.6 Å². The number of carbonyl (C=O) groups excluding carboxylic acids is 2. The molecule has 3 aromatic carbocycles. The Bertz CT molecular complexity index is 1440. The molecule has 2 aliphatic rings. The third-order valence-electron chi connectivity index (χ3n) is 6.08. The number of carbonyl (C=O) groups is 2. The number of phenolic OH excluding ortho intramolecular Hbond substituents is 1. The Labute approximate surface area is 205 Å². The van der Waals surface area contributed by atoms with Crippen LogP contribution in [0.25, 0.3) is 0 Å². The van der Waals surface area contributed by atoms with E-state index in [1.165, 1.54) is 17.0 Å². The first-order chi connectivity index (χ1) is 16.9. The lowest BCUT2D eigenvalue weighted by Crippen LogP contribution is -2.46. The van der Waals surface area contributed by atoms with Gasteiger partial charge in [-0.3, -0.25) is 9.69 Å². The Morgan fingerprint density at radius 2 is 1.86 bits per heavy atom. The number of amides is 3. The average Bonchev–Trinajstić information content (AvgIpc) is 3.25. The maximum atomic E-state index is 14.1. The molecule has 0 radical (unpaired) electrons. The Morgan fingerprint density at radius 3 is 2.58 bits per heavy atom. The quantitative estimate of drug-likeness (QED) is 0.381. The fourth-order valence-electron chi connectivity index (χ4n) is 4.52. The third kappa shape index (κ3) is 3.98. The minimum absolute atomic E-state index is 0.0775. The van der Waals surface area contributed by atoms with Gasteiger partial charge < -0.3 is 15.7 Å². The molecule has 0 saturated carbocycles. The first-order valence-corrected chi connectivity index (χ1v) is 10.9. The van der Waals surface area contributed by atoms with Crippen molar-refractivity contribution in [1.82, 2.24) is 5.32 Å². The fourth-order valence-corrected chi connectivity index (χ4v) is 4.75. The summed E-state index contributed by atoms with van der Waals surface area (Å²) >= 11 is 6.28. The largest absolute Gasteiger partial charge is 0.508 e. The van der Waals surface area contributed by atoms with Gasteiger partial charge in [0.15, 0.2) is 0 Å². The predicted molar refractivity (Wildman–Crippen MR) is 120 cm³/mol. The second kappa shape index (κ2) is 8.37. The summed E-state index contributed by atoms with van der Waals surface area (Å²) in [6.07, 6.45) is -4.60. The van der Waals surface area contributed by atoms with E-state index in [1.807, 2.05) is 0 Å². The molecule has 3 amide bonds. The molecule has 0 aliphatic carbocycles. The zero-order valence-corrected chi connectivity index (χ0v) is 18.8. The molecule has 12 heteroatoms. The van der Waals surface area contributed by atoms with Crippen LogP contribution in [0, 0.1) is 11.6 Å². The van der Waals surface area contributed by atoms with Crippen molar-refractivity contribution in [3.8, 4) is 5.75 Å². The van der Waals surface area contributed by atoms with Gasteiger partial charge in [0.25, 0.3) is 5.91 Å². The predicted octanol–water partition coefficient (Wildman–Crippen LogP) is 5.77. The van der Waals surface area contributed by atoms with Crippen LogP contribution in [0.2, 0.25) is 5.02 Å². The number of halogens is 6. The zero-order valence-electron chi connectivity index (χ0n) is 18.0. The van der Waals surface area contributed by atoms with Crippen molar-refractivity contribution >= 4 is 34.9 Å². The van der Waals surface area contributed by atoms with Gasteiger partial charge in [-0.2, -0.15) is 13.2 Å². The van der Waals surface area contributed by atoms with Gasteiger partial charge in [0.05, 0.1) is 23.0 Å². The second-order valence-electron chi connectivity index (χ2n) is 8.31. The van der Waals surface area contributed by atoms with Crippen molar-refractivity contribution < 1.29 is 36.6 Å². The molecule has 1 atom stereocenters. The number of anilines is 2. The molecule has 36 heavy (non-hydrogen) atoms. The lowest BCUT2D eigenvalue weighted by atomic mass is 9.91. The minimum atomic E-state index is -4.89. The maximum absolute atomic E-state index is 14.1. The van der Waals surface area contributed by atoms with E-state index in [9.17, 15) is 36.6 Å². The van der Waals surface area contributed by atoms with E-state index in [0.717, 1.165) is 12.1 Å². The summed E-state index contributed by atoms with van der Waals surface area (Å²) in [7, 11) is 0. The molecule has 6 nitrogen and oxygen atoms in total. The highest BCUT2D eigenvalue weighted by Gasteiger charge is 2.41. The molecule has 0 saturated heterocycles. The summed E-state index contributed by atoms with van der Waals surface area (Å²) in [5, 5.41) is 15.8. The molecule has 3 N–H and O–H groups in total. The first kappa shape index (κ1) is 23.9. The number of nitrogens with one attached hydrogen (secondary N) is 2. The minimum Gasteiger partial charge on any atom is -0.508 e. The second-order valence-corrected chi connectivity index (χ2v) is 8.72. The molecule has 0 aromatic heterocycles. The molecule has 2 heterocycles. The monoisotopic (exact) mass is 523 g/mol. The highest BCUT2D eigenvalue weighted by Crippen LogP contribution is 2.49. The molecule has 186 valence electrons. The molecule has 3 aromatic rings. The molecule has 0 bridgehead atoms. The van der Waals surface area contributed by atoms with Crippen molar-refractivity contribution in [3.63, 3.8) is 0 Å². The number of hydrogen-bond donors (Lipinski definition) is 3. The van der Waals surface area contributed by atoms with Crippen LogP contribution in [0.3, 0.4) is 0 Å². The molecular weight excluding hydrogens is 509 g/mol. The van der Waals surface area contributed by atoms with E-state index in [2.05, 4.69) is 10.6 Å². The van der Waals surface area contributed by atoms with Gasteiger partial charge in [-0.05, 0) is 42.8 Å². The van der Waals surface area contributed by atoms with Crippen LogP contribution < -0.4 is 15.5 Å². The van der Waals surface area contributed by atoms with Gasteiger partial charge in [-0.15, -0.1) is 0 Å². The van der Waals surface area contributed by atoms with Gasteiger partial charge in [0.1, 0.15) is 17.4 Å². The van der Waals surface area contributed by atoms with Gasteiger partial charge in [-0.25, -0.2) is 13.6 Å². The number of alkyl halides is 3. The normalized spacial score (nSPS) is 16.6. The van der Waals surface area contributed by atoms with E-state index in [1.54, 1.807) is 0 Å². The van der Waals surface area contributed by atoms with E-state index in [-0.39, 0.29) is 52.3 Å². The van der Waals surface area contributed by atoms with Gasteiger partial charge in [0.2, 0.25) is 0 Å². The standard InChI is InChI=1S/C24H15ClF5N3O3/c25-16-2-1-12(26)8-15(16)20-19-17(9-18(34)14-3-4-33(21(14)19)23(36)32-20)31-22(35)10-5-11(24(28,29)30)7-13(27)6-10/h1-2,5-9,20,34H,3-4H2,(H,31,35)(H,32,36)/t20-/m0/s1. The molecule has 0 spiro atoms. The van der Waals surface area contributed by atoms with Crippen LogP contribution in [0.1, 0.15) is 38.7 Å². The highest BCUT2D eigenvalue weighted by molar-refractivity contribution is 6.31. The van der Waals surface area contributed by atoms with E-state index < -0.39 is 46.9 Å². The molecule has 0 unspecified atom stereocenters. The number of benzene rings is 3. The SMILES string of the molecule is O=C(Nc1cc(O)c2c3c1[C@H](c1cc(F)ccc1Cl)NC(=O)N3CC2)c1cc(F)cc(C(F)(F)F)c1. The number of urea groups is 1. The van der Waals surface area contributed by atoms with Crippen molar-refractivity contribution in [2.24, 2.45) is 0 Å². The van der Waals surface area contributed by atoms with Gasteiger partial charge in [0, 0.05) is 39.9 Å². The Morgan fingerprint density at radius 1 is 1.11 bits per heavy atom. The smallest absolute Gasteiger partial charge is 0.416 e. The first-order valence-electron chi connectivity index (χ1n) is 10.5.